The van der Waals surface area contributed by atoms with Crippen molar-refractivity contribution in [2.24, 2.45) is 0 Å². The van der Waals surface area contributed by atoms with Crippen molar-refractivity contribution in [2.45, 2.75) is 50.5 Å². The third-order valence-electron chi connectivity index (χ3n) is 6.35. The van der Waals surface area contributed by atoms with E-state index < -0.39 is 22.5 Å². The molecule has 4 rings (SSSR count). The smallest absolute Gasteiger partial charge is 0.264 e. The van der Waals surface area contributed by atoms with Crippen LogP contribution in [0.5, 0.6) is 0 Å². The molecule has 1 aliphatic carbocycles. The van der Waals surface area contributed by atoms with E-state index >= 15 is 0 Å². The van der Waals surface area contributed by atoms with E-state index in [0.717, 1.165) is 28.3 Å². The van der Waals surface area contributed by atoms with Crippen molar-refractivity contribution in [3.8, 4) is 0 Å². The van der Waals surface area contributed by atoms with Gasteiger partial charge in [-0.1, -0.05) is 65.2 Å². The predicted molar refractivity (Wildman–Crippen MR) is 142 cm³/mol. The van der Waals surface area contributed by atoms with E-state index in [1.54, 1.807) is 30.3 Å². The van der Waals surface area contributed by atoms with Crippen molar-refractivity contribution in [2.75, 3.05) is 10.8 Å². The monoisotopic (exact) mass is 530 g/mol. The highest BCUT2D eigenvalue weighted by molar-refractivity contribution is 7.92. The van der Waals surface area contributed by atoms with Gasteiger partial charge in [0.25, 0.3) is 10.0 Å². The second kappa shape index (κ2) is 10.6. The summed E-state index contributed by atoms with van der Waals surface area (Å²) in [5.74, 6) is -0.443. The van der Waals surface area contributed by atoms with Crippen LogP contribution in [0.15, 0.2) is 65.6 Å². The summed E-state index contributed by atoms with van der Waals surface area (Å²) in [7, 11) is -4.09. The number of halogens is 2. The van der Waals surface area contributed by atoms with E-state index in [1.807, 2.05) is 19.9 Å². The molecule has 3 aromatic carbocycles. The molecule has 0 bridgehead atoms. The minimum absolute atomic E-state index is 0.0645. The predicted octanol–water partition coefficient (Wildman–Crippen LogP) is 6.25. The van der Waals surface area contributed by atoms with Gasteiger partial charge in [0.1, 0.15) is 6.54 Å². The van der Waals surface area contributed by atoms with Crippen LogP contribution in [0.25, 0.3) is 0 Å². The SMILES string of the molecule is Cc1ccc(S(=O)(=O)N(CC(=O)N[C@@H](C)c2ccc3c(c2)CCCC3)c2cccc(Cl)c2Cl)cc1. The first-order valence-electron chi connectivity index (χ1n) is 11.6. The van der Waals surface area contributed by atoms with Crippen LogP contribution in [0.1, 0.15) is 48.1 Å². The lowest BCUT2D eigenvalue weighted by Crippen LogP contribution is -2.41. The summed E-state index contributed by atoms with van der Waals surface area (Å²) in [5.41, 5.74) is 4.76. The van der Waals surface area contributed by atoms with Gasteiger partial charge in [-0.3, -0.25) is 9.10 Å². The molecule has 1 aliphatic rings. The van der Waals surface area contributed by atoms with Crippen molar-refractivity contribution in [1.29, 1.82) is 0 Å². The van der Waals surface area contributed by atoms with Crippen molar-refractivity contribution >= 4 is 44.8 Å². The highest BCUT2D eigenvalue weighted by Gasteiger charge is 2.30. The van der Waals surface area contributed by atoms with Crippen LogP contribution in [0, 0.1) is 6.92 Å². The third-order valence-corrected chi connectivity index (χ3v) is 8.93. The van der Waals surface area contributed by atoms with Gasteiger partial charge in [0, 0.05) is 0 Å². The first kappa shape index (κ1) is 25.5. The van der Waals surface area contributed by atoms with E-state index in [0.29, 0.717) is 0 Å². The number of benzene rings is 3. The largest absolute Gasteiger partial charge is 0.348 e. The molecule has 0 saturated heterocycles. The number of fused-ring (bicyclic) bond motifs is 1. The zero-order valence-electron chi connectivity index (χ0n) is 19.7. The Balaban J connectivity index is 1.61. The van der Waals surface area contributed by atoms with Crippen molar-refractivity contribution in [1.82, 2.24) is 5.32 Å². The molecule has 1 atom stereocenters. The van der Waals surface area contributed by atoms with Crippen LogP contribution in [-0.4, -0.2) is 20.9 Å². The van der Waals surface area contributed by atoms with Crippen LogP contribution < -0.4 is 9.62 Å². The molecule has 0 radical (unpaired) electrons. The number of nitrogens with zero attached hydrogens (tertiary/aromatic N) is 1. The maximum Gasteiger partial charge on any atom is 0.264 e. The minimum atomic E-state index is -4.09. The van der Waals surface area contributed by atoms with Crippen LogP contribution in [0.3, 0.4) is 0 Å². The molecular formula is C27H28Cl2N2O3S. The van der Waals surface area contributed by atoms with Gasteiger partial charge in [-0.25, -0.2) is 8.42 Å². The summed E-state index contributed by atoms with van der Waals surface area (Å²) in [4.78, 5) is 13.2. The van der Waals surface area contributed by atoms with Crippen molar-refractivity contribution in [3.05, 3.63) is 93.0 Å². The highest BCUT2D eigenvalue weighted by Crippen LogP contribution is 2.35. The molecule has 0 fully saturated rings. The van der Waals surface area contributed by atoms with Crippen LogP contribution in [0.2, 0.25) is 10.0 Å². The molecule has 3 aromatic rings. The summed E-state index contributed by atoms with van der Waals surface area (Å²) in [5, 5.41) is 3.22. The zero-order valence-corrected chi connectivity index (χ0v) is 22.1. The summed E-state index contributed by atoms with van der Waals surface area (Å²) in [6, 6.07) is 17.2. The van der Waals surface area contributed by atoms with Crippen LogP contribution in [0.4, 0.5) is 5.69 Å². The minimum Gasteiger partial charge on any atom is -0.348 e. The first-order valence-corrected chi connectivity index (χ1v) is 13.8. The zero-order chi connectivity index (χ0) is 25.2. The van der Waals surface area contributed by atoms with E-state index in [4.69, 9.17) is 23.2 Å². The quantitative estimate of drug-likeness (QED) is 0.392. The molecule has 5 nitrogen and oxygen atoms in total. The maximum absolute atomic E-state index is 13.6. The van der Waals surface area contributed by atoms with Crippen LogP contribution >= 0.6 is 23.2 Å². The van der Waals surface area contributed by atoms with Crippen molar-refractivity contribution < 1.29 is 13.2 Å². The fraction of sp³-hybridized carbons (Fsp3) is 0.296. The Morgan fingerprint density at radius 2 is 1.69 bits per heavy atom. The lowest BCUT2D eigenvalue weighted by Gasteiger charge is -2.26. The Morgan fingerprint density at radius 1 is 1.00 bits per heavy atom. The molecule has 0 heterocycles. The standard InChI is InChI=1S/C27H28Cl2N2O3S/c1-18-10-14-23(15-11-18)35(33,34)31(25-9-5-8-24(28)27(25)29)17-26(32)30-19(2)21-13-12-20-6-3-4-7-22(20)16-21/h5,8-16,19H,3-4,6-7,17H2,1-2H3,(H,30,32)/t19-/m0/s1. The fourth-order valence-electron chi connectivity index (χ4n) is 4.35. The fourth-order valence-corrected chi connectivity index (χ4v) is 6.23. The van der Waals surface area contributed by atoms with Gasteiger partial charge in [-0.2, -0.15) is 0 Å². The Hall–Kier alpha value is -2.54. The maximum atomic E-state index is 13.6. The average Bonchev–Trinajstić information content (AvgIpc) is 2.84. The van der Waals surface area contributed by atoms with Gasteiger partial charge in [-0.05, 0) is 80.5 Å². The molecule has 8 heteroatoms. The lowest BCUT2D eigenvalue weighted by atomic mass is 9.89. The molecule has 0 spiro atoms. The Bertz CT molecular complexity index is 1340. The molecule has 0 aromatic heterocycles. The molecule has 0 aliphatic heterocycles. The number of rotatable bonds is 7. The number of anilines is 1. The third kappa shape index (κ3) is 5.66. The molecule has 1 amide bonds. The van der Waals surface area contributed by atoms with E-state index in [9.17, 15) is 13.2 Å². The van der Waals surface area contributed by atoms with Gasteiger partial charge in [0.15, 0.2) is 0 Å². The van der Waals surface area contributed by atoms with Gasteiger partial charge in [0.05, 0.1) is 26.7 Å². The Kier molecular flexibility index (Phi) is 7.74. The molecule has 0 saturated carbocycles. The van der Waals surface area contributed by atoms with Gasteiger partial charge in [0.2, 0.25) is 5.91 Å². The number of hydrogen-bond donors (Lipinski definition) is 1. The second-order valence-electron chi connectivity index (χ2n) is 8.92. The normalized spacial score (nSPS) is 14.2. The summed E-state index contributed by atoms with van der Waals surface area (Å²) >= 11 is 12.6. The number of aryl methyl sites for hydroxylation is 3. The molecule has 35 heavy (non-hydrogen) atoms. The number of hydrogen-bond acceptors (Lipinski definition) is 3. The Morgan fingerprint density at radius 3 is 2.40 bits per heavy atom. The number of carbonyl (C=O) groups excluding carboxylic acids is 1. The topological polar surface area (TPSA) is 66.5 Å². The molecule has 1 N–H and O–H groups in total. The molecule has 184 valence electrons. The van der Waals surface area contributed by atoms with Gasteiger partial charge < -0.3 is 5.32 Å². The Labute approximate surface area is 217 Å². The molecule has 0 unspecified atom stereocenters. The number of amides is 1. The van der Waals surface area contributed by atoms with Crippen molar-refractivity contribution in [3.63, 3.8) is 0 Å². The average molecular weight is 532 g/mol. The van der Waals surface area contributed by atoms with Gasteiger partial charge >= 0.3 is 0 Å². The van der Waals surface area contributed by atoms with Crippen LogP contribution in [-0.2, 0) is 27.7 Å². The molecular weight excluding hydrogens is 503 g/mol. The highest BCUT2D eigenvalue weighted by atomic mass is 35.5. The van der Waals surface area contributed by atoms with E-state index in [2.05, 4.69) is 17.4 Å². The van der Waals surface area contributed by atoms with E-state index in [1.165, 1.54) is 36.1 Å². The summed E-state index contributed by atoms with van der Waals surface area (Å²) in [6.45, 7) is 3.33. The van der Waals surface area contributed by atoms with E-state index in [-0.39, 0.29) is 26.7 Å². The lowest BCUT2D eigenvalue weighted by molar-refractivity contribution is -0.120. The summed E-state index contributed by atoms with van der Waals surface area (Å²) < 4.78 is 28.2. The number of sulfonamides is 1. The second-order valence-corrected chi connectivity index (χ2v) is 11.6. The first-order chi connectivity index (χ1) is 16.7. The van der Waals surface area contributed by atoms with Gasteiger partial charge in [-0.15, -0.1) is 0 Å². The number of carbonyl (C=O) groups is 1. The number of nitrogens with one attached hydrogen (secondary N) is 1. The summed E-state index contributed by atoms with van der Waals surface area (Å²) in [6.07, 6.45) is 4.50.